The Morgan fingerprint density at radius 1 is 1.47 bits per heavy atom. The molecule has 1 aromatic carbocycles. The van der Waals surface area contributed by atoms with Gasteiger partial charge in [-0.2, -0.15) is 0 Å². The molecule has 1 atom stereocenters. The Morgan fingerprint density at radius 3 is 2.67 bits per heavy atom. The minimum atomic E-state index is -0.662. The second-order valence-corrected chi connectivity index (χ2v) is 4.16. The van der Waals surface area contributed by atoms with Gasteiger partial charge in [-0.3, -0.25) is 0 Å². The van der Waals surface area contributed by atoms with Crippen LogP contribution in [0.15, 0.2) is 18.2 Å². The molecule has 0 radical (unpaired) electrons. The van der Waals surface area contributed by atoms with Gasteiger partial charge >= 0.3 is 0 Å². The molecule has 1 unspecified atom stereocenters. The van der Waals surface area contributed by atoms with Crippen LogP contribution in [0.3, 0.4) is 0 Å². The van der Waals surface area contributed by atoms with Gasteiger partial charge in [-0.05, 0) is 17.7 Å². The Hall–Kier alpha value is -0.640. The predicted molar refractivity (Wildman–Crippen MR) is 59.5 cm³/mol. The first-order valence-electron chi connectivity index (χ1n) is 4.87. The molecule has 0 aliphatic heterocycles. The van der Waals surface area contributed by atoms with Crippen molar-refractivity contribution in [2.45, 2.75) is 26.0 Å². The molecule has 0 amide bonds. The van der Waals surface area contributed by atoms with Crippen LogP contribution in [-0.4, -0.2) is 17.7 Å². The maximum Gasteiger partial charge on any atom is 0.141 e. The van der Waals surface area contributed by atoms with Crippen molar-refractivity contribution in [1.29, 1.82) is 0 Å². The summed E-state index contributed by atoms with van der Waals surface area (Å²) in [6, 6.07) is 4.55. The fraction of sp³-hybridized carbons (Fsp3) is 0.455. The SMILES string of the molecule is CC(C)NCC(O)c1ccc(F)c(Cl)c1. The van der Waals surface area contributed by atoms with E-state index in [-0.39, 0.29) is 5.02 Å². The summed E-state index contributed by atoms with van der Waals surface area (Å²) in [6.07, 6.45) is -0.662. The third-order valence-corrected chi connectivity index (χ3v) is 2.34. The molecule has 4 heteroatoms. The second kappa shape index (κ2) is 5.45. The van der Waals surface area contributed by atoms with Crippen LogP contribution in [0.5, 0.6) is 0 Å². The zero-order valence-corrected chi connectivity index (χ0v) is 9.55. The fourth-order valence-corrected chi connectivity index (χ4v) is 1.37. The molecule has 0 spiro atoms. The predicted octanol–water partition coefficient (Wildman–Crippen LogP) is 2.51. The molecule has 0 heterocycles. The van der Waals surface area contributed by atoms with Gasteiger partial charge in [-0.1, -0.05) is 31.5 Å². The Bertz CT molecular complexity index is 330. The lowest BCUT2D eigenvalue weighted by Gasteiger charge is -2.14. The number of rotatable bonds is 4. The van der Waals surface area contributed by atoms with Gasteiger partial charge in [-0.25, -0.2) is 4.39 Å². The second-order valence-electron chi connectivity index (χ2n) is 3.75. The van der Waals surface area contributed by atoms with Crippen molar-refractivity contribution < 1.29 is 9.50 Å². The van der Waals surface area contributed by atoms with Gasteiger partial charge in [-0.15, -0.1) is 0 Å². The van der Waals surface area contributed by atoms with Crippen molar-refractivity contribution in [3.63, 3.8) is 0 Å². The lowest BCUT2D eigenvalue weighted by Crippen LogP contribution is -2.27. The van der Waals surface area contributed by atoms with Gasteiger partial charge in [0, 0.05) is 12.6 Å². The van der Waals surface area contributed by atoms with E-state index in [0.717, 1.165) is 0 Å². The molecule has 2 nitrogen and oxygen atoms in total. The van der Waals surface area contributed by atoms with Crippen molar-refractivity contribution >= 4 is 11.6 Å². The van der Waals surface area contributed by atoms with E-state index in [1.807, 2.05) is 13.8 Å². The summed E-state index contributed by atoms with van der Waals surface area (Å²) in [5, 5.41) is 12.9. The van der Waals surface area contributed by atoms with Crippen LogP contribution in [0.4, 0.5) is 4.39 Å². The quantitative estimate of drug-likeness (QED) is 0.835. The van der Waals surface area contributed by atoms with Crippen molar-refractivity contribution in [2.75, 3.05) is 6.54 Å². The minimum Gasteiger partial charge on any atom is -0.387 e. The molecule has 0 aliphatic rings. The molecule has 0 saturated carbocycles. The lowest BCUT2D eigenvalue weighted by molar-refractivity contribution is 0.171. The smallest absolute Gasteiger partial charge is 0.141 e. The molecule has 2 N–H and O–H groups in total. The van der Waals surface area contributed by atoms with E-state index >= 15 is 0 Å². The van der Waals surface area contributed by atoms with Crippen LogP contribution in [0.1, 0.15) is 25.5 Å². The summed E-state index contributed by atoms with van der Waals surface area (Å²) < 4.78 is 12.8. The first kappa shape index (κ1) is 12.4. The molecule has 0 aromatic heterocycles. The molecule has 15 heavy (non-hydrogen) atoms. The number of hydrogen-bond donors (Lipinski definition) is 2. The fourth-order valence-electron chi connectivity index (χ4n) is 1.18. The van der Waals surface area contributed by atoms with Crippen LogP contribution in [0.25, 0.3) is 0 Å². The molecular formula is C11H15ClFNO. The van der Waals surface area contributed by atoms with Gasteiger partial charge in [0.15, 0.2) is 0 Å². The topological polar surface area (TPSA) is 32.3 Å². The van der Waals surface area contributed by atoms with E-state index < -0.39 is 11.9 Å². The first-order chi connectivity index (χ1) is 7.00. The third kappa shape index (κ3) is 3.78. The zero-order valence-electron chi connectivity index (χ0n) is 8.80. The highest BCUT2D eigenvalue weighted by Crippen LogP contribution is 2.20. The summed E-state index contributed by atoms with van der Waals surface area (Å²) >= 11 is 5.61. The molecule has 0 fully saturated rings. The van der Waals surface area contributed by atoms with Gasteiger partial charge in [0.1, 0.15) is 5.82 Å². The molecule has 1 rings (SSSR count). The molecule has 0 aliphatic carbocycles. The lowest BCUT2D eigenvalue weighted by atomic mass is 10.1. The van der Waals surface area contributed by atoms with Crippen LogP contribution in [0, 0.1) is 5.82 Å². The molecule has 84 valence electrons. The van der Waals surface area contributed by atoms with E-state index in [1.165, 1.54) is 18.2 Å². The highest BCUT2D eigenvalue weighted by Gasteiger charge is 2.10. The number of nitrogens with one attached hydrogen (secondary N) is 1. The zero-order chi connectivity index (χ0) is 11.4. The number of aliphatic hydroxyl groups is 1. The largest absolute Gasteiger partial charge is 0.387 e. The van der Waals surface area contributed by atoms with Crippen molar-refractivity contribution in [2.24, 2.45) is 0 Å². The van der Waals surface area contributed by atoms with E-state index in [9.17, 15) is 9.50 Å². The Morgan fingerprint density at radius 2 is 2.13 bits per heavy atom. The van der Waals surface area contributed by atoms with Gasteiger partial charge in [0.2, 0.25) is 0 Å². The summed E-state index contributed by atoms with van der Waals surface area (Å²) in [4.78, 5) is 0. The van der Waals surface area contributed by atoms with Gasteiger partial charge in [0.05, 0.1) is 11.1 Å². The highest BCUT2D eigenvalue weighted by molar-refractivity contribution is 6.30. The van der Waals surface area contributed by atoms with Crippen molar-refractivity contribution in [3.05, 3.63) is 34.6 Å². The Labute approximate surface area is 94.1 Å². The van der Waals surface area contributed by atoms with Crippen molar-refractivity contribution in [3.8, 4) is 0 Å². The van der Waals surface area contributed by atoms with E-state index in [4.69, 9.17) is 11.6 Å². The summed E-state index contributed by atoms with van der Waals surface area (Å²) in [6.45, 7) is 4.41. The minimum absolute atomic E-state index is 0.0381. The normalized spacial score (nSPS) is 13.2. The maximum absolute atomic E-state index is 12.8. The number of halogens is 2. The summed E-state index contributed by atoms with van der Waals surface area (Å²) in [5.41, 5.74) is 0.620. The van der Waals surface area contributed by atoms with Crippen LogP contribution in [0.2, 0.25) is 5.02 Å². The molecule has 1 aromatic rings. The Balaban J connectivity index is 2.65. The Kier molecular flexibility index (Phi) is 4.51. The molecule has 0 bridgehead atoms. The van der Waals surface area contributed by atoms with Crippen LogP contribution >= 0.6 is 11.6 Å². The average Bonchev–Trinajstić information content (AvgIpc) is 2.18. The van der Waals surface area contributed by atoms with E-state index in [1.54, 1.807) is 0 Å². The molecular weight excluding hydrogens is 217 g/mol. The van der Waals surface area contributed by atoms with E-state index in [2.05, 4.69) is 5.32 Å². The van der Waals surface area contributed by atoms with Crippen LogP contribution < -0.4 is 5.32 Å². The summed E-state index contributed by atoms with van der Waals surface area (Å²) in [7, 11) is 0. The van der Waals surface area contributed by atoms with Gasteiger partial charge in [0.25, 0.3) is 0 Å². The highest BCUT2D eigenvalue weighted by atomic mass is 35.5. The van der Waals surface area contributed by atoms with E-state index in [0.29, 0.717) is 18.2 Å². The average molecular weight is 232 g/mol. The van der Waals surface area contributed by atoms with Crippen LogP contribution in [-0.2, 0) is 0 Å². The van der Waals surface area contributed by atoms with Gasteiger partial charge < -0.3 is 10.4 Å². The standard InChI is InChI=1S/C11H15ClFNO/c1-7(2)14-6-11(15)8-3-4-10(13)9(12)5-8/h3-5,7,11,14-15H,6H2,1-2H3. The number of aliphatic hydroxyl groups excluding tert-OH is 1. The maximum atomic E-state index is 12.8. The number of hydrogen-bond acceptors (Lipinski definition) is 2. The first-order valence-corrected chi connectivity index (χ1v) is 5.25. The third-order valence-electron chi connectivity index (χ3n) is 2.05. The monoisotopic (exact) mass is 231 g/mol. The number of benzene rings is 1. The van der Waals surface area contributed by atoms with Crippen molar-refractivity contribution in [1.82, 2.24) is 5.32 Å². The summed E-state index contributed by atoms with van der Waals surface area (Å²) in [5.74, 6) is -0.468. The molecule has 0 saturated heterocycles.